The topological polar surface area (TPSA) is 50.1 Å². The molecule has 1 aliphatic carbocycles. The van der Waals surface area contributed by atoms with Crippen molar-refractivity contribution in [2.24, 2.45) is 11.8 Å². The lowest BCUT2D eigenvalue weighted by Gasteiger charge is -2.27. The Morgan fingerprint density at radius 1 is 1.03 bits per heavy atom. The van der Waals surface area contributed by atoms with Crippen LogP contribution >= 0.6 is 0 Å². The predicted octanol–water partition coefficient (Wildman–Crippen LogP) is 6.34. The fraction of sp³-hybridized carbons (Fsp3) is 0.417. The molecule has 2 aromatic carbocycles. The monoisotopic (exact) mass is 415 g/mol. The van der Waals surface area contributed by atoms with E-state index >= 15 is 0 Å². The van der Waals surface area contributed by atoms with Crippen LogP contribution in [0.5, 0.6) is 5.75 Å². The van der Waals surface area contributed by atoms with E-state index in [-0.39, 0.29) is 5.56 Å². The van der Waals surface area contributed by atoms with Gasteiger partial charge in [0, 0.05) is 12.1 Å². The molecular formula is C24H24F3NO2. The molecule has 1 fully saturated rings. The molecule has 0 aliphatic heterocycles. The molecule has 1 aliphatic rings. The lowest BCUT2D eigenvalue weighted by atomic mass is 9.78. The number of carbonyl (C=O) groups is 1. The second-order valence-electron chi connectivity index (χ2n) is 7.91. The molecule has 0 amide bonds. The van der Waals surface area contributed by atoms with Gasteiger partial charge in [-0.15, -0.1) is 0 Å². The zero-order valence-electron chi connectivity index (χ0n) is 16.9. The van der Waals surface area contributed by atoms with Crippen molar-refractivity contribution in [1.29, 1.82) is 5.26 Å². The molecule has 0 radical (unpaired) electrons. The number of nitriles is 1. The van der Waals surface area contributed by atoms with Gasteiger partial charge in [0.05, 0.1) is 5.56 Å². The molecule has 0 saturated heterocycles. The van der Waals surface area contributed by atoms with Crippen LogP contribution in [0.1, 0.15) is 66.9 Å². The number of halogens is 3. The Kier molecular flexibility index (Phi) is 7.15. The number of carbonyl (C=O) groups excluding carboxylic acids is 1. The summed E-state index contributed by atoms with van der Waals surface area (Å²) in [4.78, 5) is 12.2. The third-order valence-electron chi connectivity index (χ3n) is 5.98. The van der Waals surface area contributed by atoms with Gasteiger partial charge in [-0.05, 0) is 42.4 Å². The van der Waals surface area contributed by atoms with Crippen molar-refractivity contribution in [1.82, 2.24) is 0 Å². The summed E-state index contributed by atoms with van der Waals surface area (Å²) in [5, 5.41) is 8.67. The molecule has 0 bridgehead atoms. The van der Waals surface area contributed by atoms with Crippen molar-refractivity contribution >= 4 is 5.97 Å². The highest BCUT2D eigenvalue weighted by molar-refractivity contribution is 5.91. The van der Waals surface area contributed by atoms with Gasteiger partial charge in [0.2, 0.25) is 0 Å². The maximum Gasteiger partial charge on any atom is 0.346 e. The molecule has 1 saturated carbocycles. The molecule has 0 N–H and O–H groups in total. The quantitative estimate of drug-likeness (QED) is 0.408. The Bertz CT molecular complexity index is 936. The highest BCUT2D eigenvalue weighted by atomic mass is 19.1. The van der Waals surface area contributed by atoms with Crippen LogP contribution in [-0.2, 0) is 6.42 Å². The average Bonchev–Trinajstić information content (AvgIpc) is 2.72. The van der Waals surface area contributed by atoms with Crippen molar-refractivity contribution in [2.75, 3.05) is 0 Å². The summed E-state index contributed by atoms with van der Waals surface area (Å²) >= 11 is 0. The standard InChI is InChI=1S/C24H24F3NO2/c1-2-15-3-5-16(6-4-15)7-8-17-9-10-19(21(25)11-17)24(29)30-18-12-22(26)20(14-28)23(27)13-18/h9-13,15-16H,2-8H2,1H3. The molecule has 0 unspecified atom stereocenters. The summed E-state index contributed by atoms with van der Waals surface area (Å²) in [5.41, 5.74) is -0.280. The van der Waals surface area contributed by atoms with Crippen LogP contribution in [0.3, 0.4) is 0 Å². The van der Waals surface area contributed by atoms with Gasteiger partial charge < -0.3 is 4.74 Å². The van der Waals surface area contributed by atoms with Gasteiger partial charge >= 0.3 is 5.97 Å². The minimum absolute atomic E-state index is 0.313. The molecule has 0 spiro atoms. The van der Waals surface area contributed by atoms with Crippen LogP contribution in [0.25, 0.3) is 0 Å². The summed E-state index contributed by atoms with van der Waals surface area (Å²) in [6, 6.07) is 7.15. The van der Waals surface area contributed by atoms with Crippen LogP contribution in [-0.4, -0.2) is 5.97 Å². The molecule has 0 atom stereocenters. The minimum atomic E-state index is -1.15. The smallest absolute Gasteiger partial charge is 0.346 e. The number of esters is 1. The van der Waals surface area contributed by atoms with Crippen molar-refractivity contribution in [3.05, 3.63) is 64.5 Å². The Balaban J connectivity index is 1.61. The molecule has 3 rings (SSSR count). The van der Waals surface area contributed by atoms with E-state index in [0.29, 0.717) is 5.92 Å². The van der Waals surface area contributed by atoms with E-state index in [4.69, 9.17) is 10.00 Å². The van der Waals surface area contributed by atoms with Gasteiger partial charge in [-0.3, -0.25) is 0 Å². The highest BCUT2D eigenvalue weighted by Crippen LogP contribution is 2.33. The predicted molar refractivity (Wildman–Crippen MR) is 106 cm³/mol. The maximum atomic E-state index is 14.5. The van der Waals surface area contributed by atoms with Gasteiger partial charge in [0.25, 0.3) is 0 Å². The summed E-state index contributed by atoms with van der Waals surface area (Å²) < 4.78 is 46.6. The number of hydrogen-bond donors (Lipinski definition) is 0. The average molecular weight is 415 g/mol. The number of ether oxygens (including phenoxy) is 1. The van der Waals surface area contributed by atoms with Gasteiger partial charge in [-0.2, -0.15) is 5.26 Å². The van der Waals surface area contributed by atoms with Crippen LogP contribution in [0.2, 0.25) is 0 Å². The first-order chi connectivity index (χ1) is 14.4. The Morgan fingerprint density at radius 3 is 2.23 bits per heavy atom. The zero-order chi connectivity index (χ0) is 21.7. The van der Waals surface area contributed by atoms with E-state index in [2.05, 4.69) is 6.92 Å². The lowest BCUT2D eigenvalue weighted by Crippen LogP contribution is -2.15. The molecule has 2 aromatic rings. The van der Waals surface area contributed by atoms with Crippen LogP contribution in [0, 0.1) is 40.6 Å². The largest absolute Gasteiger partial charge is 0.423 e. The van der Waals surface area contributed by atoms with E-state index in [1.54, 1.807) is 6.07 Å². The van der Waals surface area contributed by atoms with Crippen LogP contribution < -0.4 is 4.74 Å². The van der Waals surface area contributed by atoms with Gasteiger partial charge in [0.15, 0.2) is 0 Å². The molecular weight excluding hydrogens is 391 g/mol. The molecule has 3 nitrogen and oxygen atoms in total. The maximum absolute atomic E-state index is 14.5. The van der Waals surface area contributed by atoms with Crippen molar-refractivity contribution in [3.63, 3.8) is 0 Å². The first-order valence-corrected chi connectivity index (χ1v) is 10.3. The van der Waals surface area contributed by atoms with Crippen LogP contribution in [0.4, 0.5) is 13.2 Å². The minimum Gasteiger partial charge on any atom is -0.423 e. The zero-order valence-corrected chi connectivity index (χ0v) is 16.9. The van der Waals surface area contributed by atoms with Crippen molar-refractivity contribution < 1.29 is 22.7 Å². The third-order valence-corrected chi connectivity index (χ3v) is 5.98. The van der Waals surface area contributed by atoms with E-state index in [0.717, 1.165) is 36.5 Å². The highest BCUT2D eigenvalue weighted by Gasteiger charge is 2.21. The number of benzene rings is 2. The summed E-state index contributed by atoms with van der Waals surface area (Å²) in [6.45, 7) is 2.23. The van der Waals surface area contributed by atoms with E-state index < -0.39 is 34.7 Å². The molecule has 158 valence electrons. The Hall–Kier alpha value is -2.81. The molecule has 0 aromatic heterocycles. The normalized spacial score (nSPS) is 18.6. The summed E-state index contributed by atoms with van der Waals surface area (Å²) in [6.07, 6.45) is 7.90. The third kappa shape index (κ3) is 5.21. The fourth-order valence-corrected chi connectivity index (χ4v) is 4.06. The van der Waals surface area contributed by atoms with Gasteiger partial charge in [-0.1, -0.05) is 45.1 Å². The van der Waals surface area contributed by atoms with Gasteiger partial charge in [0.1, 0.15) is 34.8 Å². The van der Waals surface area contributed by atoms with E-state index in [9.17, 15) is 18.0 Å². The van der Waals surface area contributed by atoms with E-state index in [1.807, 2.05) is 0 Å². The second-order valence-corrected chi connectivity index (χ2v) is 7.91. The number of rotatable bonds is 6. The molecule has 0 heterocycles. The van der Waals surface area contributed by atoms with Crippen LogP contribution in [0.15, 0.2) is 30.3 Å². The van der Waals surface area contributed by atoms with Crippen molar-refractivity contribution in [2.45, 2.75) is 51.9 Å². The number of aryl methyl sites for hydroxylation is 1. The fourth-order valence-electron chi connectivity index (χ4n) is 4.06. The summed E-state index contributed by atoms with van der Waals surface area (Å²) in [5.74, 6) is -3.03. The number of hydrogen-bond acceptors (Lipinski definition) is 3. The van der Waals surface area contributed by atoms with Gasteiger partial charge in [-0.25, -0.2) is 18.0 Å². The number of nitrogens with zero attached hydrogens (tertiary/aromatic N) is 1. The lowest BCUT2D eigenvalue weighted by molar-refractivity contribution is 0.0729. The molecule has 30 heavy (non-hydrogen) atoms. The Morgan fingerprint density at radius 2 is 1.67 bits per heavy atom. The molecule has 6 heteroatoms. The van der Waals surface area contributed by atoms with Crippen molar-refractivity contribution in [3.8, 4) is 11.8 Å². The summed E-state index contributed by atoms with van der Waals surface area (Å²) in [7, 11) is 0. The Labute approximate surface area is 174 Å². The second kappa shape index (κ2) is 9.80. The first kappa shape index (κ1) is 21.9. The first-order valence-electron chi connectivity index (χ1n) is 10.3. The van der Waals surface area contributed by atoms with E-state index in [1.165, 1.54) is 50.3 Å². The SMILES string of the molecule is CCC1CCC(CCc2ccc(C(=O)Oc3cc(F)c(C#N)c(F)c3)c(F)c2)CC1.